The largest absolute Gasteiger partial charge is 0.472 e. The van der Waals surface area contributed by atoms with Crippen LogP contribution >= 0.6 is 7.82 Å². The van der Waals surface area contributed by atoms with Gasteiger partial charge in [0.2, 0.25) is 0 Å². The van der Waals surface area contributed by atoms with E-state index in [2.05, 4.69) is 67.0 Å². The normalized spacial score (nSPS) is 15.2. The van der Waals surface area contributed by atoms with Gasteiger partial charge in [-0.3, -0.25) is 18.6 Å². The van der Waals surface area contributed by atoms with E-state index in [0.29, 0.717) is 19.3 Å². The number of hydrogen-bond acceptors (Lipinski definition) is 10. The Bertz CT molecular complexity index is 1180. The lowest BCUT2D eigenvalue weighted by atomic mass is 10.1. The van der Waals surface area contributed by atoms with E-state index in [1.54, 1.807) is 12.2 Å². The standard InChI is InChI=1S/C44H75O11P/c1-3-5-7-9-11-13-15-17-18-20-22-24-26-28-30-34-44(49)55-42(39-54-56(50,51)53-37-41(47)36-45)38-52-43(48)35-31-33-40(46)32-29-27-25-23-21-19-16-14-12-10-8-6-4-2/h6,8,12,14,17-19,21,25,27,29,32,40-42,45-47H,3-5,7,9-11,13,15-16,20,22-24,26,28,30-31,33-39H2,1-2H3,(H,50,51)/b8-6-,14-12-,18-17-,21-19-,27-25-,32-29+/t40?,41-,42+/m0/s1. The first-order chi connectivity index (χ1) is 27.1. The molecular formula is C44H75O11P. The number of phosphoric ester groups is 1. The number of aliphatic hydroxyl groups excluding tert-OH is 3. The third-order valence-electron chi connectivity index (χ3n) is 8.45. The summed E-state index contributed by atoms with van der Waals surface area (Å²) in [6, 6.07) is 0. The van der Waals surface area contributed by atoms with Crippen LogP contribution in [0.1, 0.15) is 149 Å². The molecule has 0 radical (unpaired) electrons. The van der Waals surface area contributed by atoms with Crippen LogP contribution in [0.2, 0.25) is 0 Å². The maximum atomic E-state index is 12.6. The molecule has 0 fully saturated rings. The van der Waals surface area contributed by atoms with Gasteiger partial charge in [0.05, 0.1) is 25.9 Å². The number of ether oxygens (including phenoxy) is 2. The van der Waals surface area contributed by atoms with Gasteiger partial charge in [0.15, 0.2) is 6.10 Å². The molecule has 0 saturated heterocycles. The van der Waals surface area contributed by atoms with E-state index >= 15 is 0 Å². The molecule has 0 aliphatic carbocycles. The minimum Gasteiger partial charge on any atom is -0.462 e. The number of aliphatic hydroxyl groups is 3. The molecule has 0 amide bonds. The fourth-order valence-corrected chi connectivity index (χ4v) is 5.98. The van der Waals surface area contributed by atoms with Gasteiger partial charge in [-0.1, -0.05) is 138 Å². The van der Waals surface area contributed by atoms with Gasteiger partial charge in [0.1, 0.15) is 12.7 Å². The topological polar surface area (TPSA) is 169 Å². The number of esters is 2. The van der Waals surface area contributed by atoms with Gasteiger partial charge in [0, 0.05) is 12.8 Å². The second kappa shape index (κ2) is 39.2. The summed E-state index contributed by atoms with van der Waals surface area (Å²) in [6.07, 6.45) is 40.4. The van der Waals surface area contributed by atoms with E-state index in [9.17, 15) is 29.3 Å². The fraction of sp³-hybridized carbons (Fsp3) is 0.682. The number of carbonyl (C=O) groups excluding carboxylic acids is 2. The molecular weight excluding hydrogens is 735 g/mol. The predicted molar refractivity (Wildman–Crippen MR) is 225 cm³/mol. The third-order valence-corrected chi connectivity index (χ3v) is 9.40. The van der Waals surface area contributed by atoms with Crippen molar-refractivity contribution in [2.45, 2.75) is 167 Å². The molecule has 0 aromatic rings. The van der Waals surface area contributed by atoms with Gasteiger partial charge in [-0.15, -0.1) is 0 Å². The molecule has 0 saturated carbocycles. The maximum Gasteiger partial charge on any atom is 0.472 e. The maximum absolute atomic E-state index is 12.6. The molecule has 11 nitrogen and oxygen atoms in total. The zero-order valence-electron chi connectivity index (χ0n) is 34.4. The quantitative estimate of drug-likeness (QED) is 0.0154. The van der Waals surface area contributed by atoms with Gasteiger partial charge in [-0.05, 0) is 70.6 Å². The van der Waals surface area contributed by atoms with E-state index in [1.165, 1.54) is 38.5 Å². The molecule has 0 aromatic heterocycles. The Labute approximate surface area is 338 Å². The number of allylic oxidation sites excluding steroid dienone is 11. The lowest BCUT2D eigenvalue weighted by Gasteiger charge is -2.20. The van der Waals surface area contributed by atoms with Gasteiger partial charge in [-0.25, -0.2) is 4.57 Å². The van der Waals surface area contributed by atoms with Crippen LogP contribution in [0.4, 0.5) is 0 Å². The van der Waals surface area contributed by atoms with Crippen molar-refractivity contribution in [1.29, 1.82) is 0 Å². The van der Waals surface area contributed by atoms with Crippen molar-refractivity contribution in [2.75, 3.05) is 26.4 Å². The zero-order chi connectivity index (χ0) is 41.4. The number of hydrogen-bond donors (Lipinski definition) is 4. The van der Waals surface area contributed by atoms with Crippen molar-refractivity contribution in [3.05, 3.63) is 72.9 Å². The summed E-state index contributed by atoms with van der Waals surface area (Å²) in [7, 11) is -4.67. The summed E-state index contributed by atoms with van der Waals surface area (Å²) in [5, 5.41) is 28.5. The van der Waals surface area contributed by atoms with Crippen molar-refractivity contribution < 1.29 is 52.9 Å². The molecule has 322 valence electrons. The second-order valence-corrected chi connectivity index (χ2v) is 15.3. The van der Waals surface area contributed by atoms with Crippen LogP contribution in [0.5, 0.6) is 0 Å². The molecule has 56 heavy (non-hydrogen) atoms. The minimum absolute atomic E-state index is 0.00592. The second-order valence-electron chi connectivity index (χ2n) is 13.8. The summed E-state index contributed by atoms with van der Waals surface area (Å²) in [5.41, 5.74) is 0. The number of rotatable bonds is 38. The predicted octanol–water partition coefficient (Wildman–Crippen LogP) is 9.86. The SMILES string of the molecule is CC/C=C\C/C=C\C/C=C\C/C=C\C=C\C(O)CCCC(=O)OC[C@H](COP(=O)(O)OC[C@@H](O)CO)OC(=O)CCCCCCC/C=C\CCCCCCCC. The highest BCUT2D eigenvalue weighted by atomic mass is 31.2. The number of unbranched alkanes of at least 4 members (excludes halogenated alkanes) is 11. The third kappa shape index (κ3) is 38.3. The highest BCUT2D eigenvalue weighted by Crippen LogP contribution is 2.43. The number of carbonyl (C=O) groups is 2. The molecule has 0 bridgehead atoms. The Kier molecular flexibility index (Phi) is 37.4. The Morgan fingerprint density at radius 3 is 1.80 bits per heavy atom. The first kappa shape index (κ1) is 53.4. The first-order valence-electron chi connectivity index (χ1n) is 21.0. The van der Waals surface area contributed by atoms with E-state index < -0.39 is 64.5 Å². The molecule has 12 heteroatoms. The monoisotopic (exact) mass is 811 g/mol. The molecule has 0 aliphatic heterocycles. The van der Waals surface area contributed by atoms with E-state index in [4.69, 9.17) is 19.1 Å². The van der Waals surface area contributed by atoms with Crippen molar-refractivity contribution in [2.24, 2.45) is 0 Å². The Balaban J connectivity index is 4.54. The van der Waals surface area contributed by atoms with Crippen LogP contribution in [0.3, 0.4) is 0 Å². The van der Waals surface area contributed by atoms with Crippen LogP contribution in [-0.2, 0) is 32.7 Å². The molecule has 0 spiro atoms. The Morgan fingerprint density at radius 1 is 0.625 bits per heavy atom. The van der Waals surface area contributed by atoms with Gasteiger partial charge in [0.25, 0.3) is 0 Å². The van der Waals surface area contributed by atoms with Crippen LogP contribution in [0, 0.1) is 0 Å². The van der Waals surface area contributed by atoms with Crippen LogP contribution < -0.4 is 0 Å². The van der Waals surface area contributed by atoms with Crippen molar-refractivity contribution >= 4 is 19.8 Å². The average molecular weight is 811 g/mol. The average Bonchev–Trinajstić information content (AvgIpc) is 3.18. The van der Waals surface area contributed by atoms with Crippen molar-refractivity contribution in [1.82, 2.24) is 0 Å². The van der Waals surface area contributed by atoms with Gasteiger partial charge < -0.3 is 29.7 Å². The molecule has 0 heterocycles. The van der Waals surface area contributed by atoms with Gasteiger partial charge >= 0.3 is 19.8 Å². The number of phosphoric acid groups is 1. The minimum atomic E-state index is -4.67. The highest BCUT2D eigenvalue weighted by Gasteiger charge is 2.27. The van der Waals surface area contributed by atoms with Gasteiger partial charge in [-0.2, -0.15) is 0 Å². The highest BCUT2D eigenvalue weighted by molar-refractivity contribution is 7.47. The Hall–Kier alpha value is -2.63. The van der Waals surface area contributed by atoms with E-state index in [-0.39, 0.29) is 12.8 Å². The lowest BCUT2D eigenvalue weighted by Crippen LogP contribution is -2.30. The van der Waals surface area contributed by atoms with Crippen LogP contribution in [-0.4, -0.2) is 76.9 Å². The smallest absolute Gasteiger partial charge is 0.462 e. The summed E-state index contributed by atoms with van der Waals surface area (Å²) in [6.45, 7) is 2.01. The van der Waals surface area contributed by atoms with E-state index in [0.717, 1.165) is 64.2 Å². The summed E-state index contributed by atoms with van der Waals surface area (Å²) in [4.78, 5) is 35.0. The molecule has 2 unspecified atom stereocenters. The van der Waals surface area contributed by atoms with Crippen LogP contribution in [0.25, 0.3) is 0 Å². The summed E-state index contributed by atoms with van der Waals surface area (Å²) < 4.78 is 32.5. The summed E-state index contributed by atoms with van der Waals surface area (Å²) >= 11 is 0. The van der Waals surface area contributed by atoms with Crippen LogP contribution in [0.15, 0.2) is 72.9 Å². The molecule has 4 N–H and O–H groups in total. The molecule has 0 aliphatic rings. The first-order valence-corrected chi connectivity index (χ1v) is 22.5. The Morgan fingerprint density at radius 2 is 1.18 bits per heavy atom. The molecule has 0 aromatic carbocycles. The zero-order valence-corrected chi connectivity index (χ0v) is 35.3. The molecule has 0 rings (SSSR count). The van der Waals surface area contributed by atoms with E-state index in [1.807, 2.05) is 12.2 Å². The molecule has 4 atom stereocenters. The lowest BCUT2D eigenvalue weighted by molar-refractivity contribution is -0.161. The van der Waals surface area contributed by atoms with Crippen molar-refractivity contribution in [3.63, 3.8) is 0 Å². The van der Waals surface area contributed by atoms with Crippen molar-refractivity contribution in [3.8, 4) is 0 Å². The summed E-state index contributed by atoms with van der Waals surface area (Å²) in [5.74, 6) is -1.15. The fourth-order valence-electron chi connectivity index (χ4n) is 5.19.